The summed E-state index contributed by atoms with van der Waals surface area (Å²) in [6.07, 6.45) is 0. The summed E-state index contributed by atoms with van der Waals surface area (Å²) in [5.74, 6) is 1.51. The highest BCUT2D eigenvalue weighted by Crippen LogP contribution is 2.28. The first-order valence-electron chi connectivity index (χ1n) is 9.95. The number of nitriles is 1. The highest BCUT2D eigenvalue weighted by molar-refractivity contribution is 7.99. The quantitative estimate of drug-likeness (QED) is 0.684. The Labute approximate surface area is 181 Å². The van der Waals surface area contributed by atoms with Gasteiger partial charge in [0.15, 0.2) is 5.76 Å². The van der Waals surface area contributed by atoms with E-state index in [1.807, 2.05) is 43.0 Å². The van der Waals surface area contributed by atoms with Crippen LogP contribution in [0.25, 0.3) is 0 Å². The molecule has 2 amide bonds. The number of rotatable bonds is 7. The number of benzene rings is 1. The highest BCUT2D eigenvalue weighted by atomic mass is 32.2. The van der Waals surface area contributed by atoms with E-state index >= 15 is 0 Å². The standard InChI is InChI=1S/C22H26N4O3S/c1-16(13-23)15-30-20-6-4-3-5-18(20)24-21(27)14-25-9-11-26(12-10-25)22(28)19-8-7-17(2)29-19/h3-8,16H,9-12,14-15H2,1-2H3,(H,24,27). The van der Waals surface area contributed by atoms with Crippen LogP contribution in [0.1, 0.15) is 23.2 Å². The summed E-state index contributed by atoms with van der Waals surface area (Å²) in [5.41, 5.74) is 0.764. The third-order valence-electron chi connectivity index (χ3n) is 4.85. The fraction of sp³-hybridized carbons (Fsp3) is 0.409. The first kappa shape index (κ1) is 21.9. The second-order valence-corrected chi connectivity index (χ2v) is 8.43. The van der Waals surface area contributed by atoms with E-state index in [4.69, 9.17) is 9.68 Å². The second kappa shape index (κ2) is 10.3. The van der Waals surface area contributed by atoms with Crippen LogP contribution < -0.4 is 5.32 Å². The number of thioether (sulfide) groups is 1. The number of piperazine rings is 1. The summed E-state index contributed by atoms with van der Waals surface area (Å²) in [6, 6.07) is 13.3. The van der Waals surface area contributed by atoms with Gasteiger partial charge in [0, 0.05) is 36.8 Å². The number of carbonyl (C=O) groups excluding carboxylic acids is 2. The molecule has 1 atom stereocenters. The van der Waals surface area contributed by atoms with E-state index < -0.39 is 0 Å². The molecule has 0 saturated carbocycles. The molecule has 0 spiro atoms. The number of amides is 2. The first-order chi connectivity index (χ1) is 14.5. The molecule has 30 heavy (non-hydrogen) atoms. The number of aryl methyl sites for hydroxylation is 1. The SMILES string of the molecule is Cc1ccc(C(=O)N2CCN(CC(=O)Nc3ccccc3SCC(C)C#N)CC2)o1. The van der Waals surface area contributed by atoms with Gasteiger partial charge in [-0.3, -0.25) is 14.5 Å². The molecule has 1 aliphatic rings. The molecular weight excluding hydrogens is 400 g/mol. The predicted octanol–water partition coefficient (Wildman–Crippen LogP) is 3.24. The first-order valence-corrected chi connectivity index (χ1v) is 10.9. The van der Waals surface area contributed by atoms with Gasteiger partial charge < -0.3 is 14.6 Å². The van der Waals surface area contributed by atoms with Crippen molar-refractivity contribution in [3.05, 3.63) is 47.9 Å². The van der Waals surface area contributed by atoms with Gasteiger partial charge in [0.25, 0.3) is 5.91 Å². The van der Waals surface area contributed by atoms with E-state index in [0.717, 1.165) is 10.6 Å². The van der Waals surface area contributed by atoms with Crippen LogP contribution in [0.2, 0.25) is 0 Å². The smallest absolute Gasteiger partial charge is 0.289 e. The summed E-state index contributed by atoms with van der Waals surface area (Å²) < 4.78 is 5.42. The van der Waals surface area contributed by atoms with E-state index in [-0.39, 0.29) is 24.3 Å². The van der Waals surface area contributed by atoms with Crippen LogP contribution in [0.3, 0.4) is 0 Å². The van der Waals surface area contributed by atoms with Gasteiger partial charge in [-0.2, -0.15) is 5.26 Å². The van der Waals surface area contributed by atoms with Gasteiger partial charge in [-0.05, 0) is 38.1 Å². The van der Waals surface area contributed by atoms with Crippen LogP contribution in [-0.2, 0) is 4.79 Å². The Hall–Kier alpha value is -2.76. The van der Waals surface area contributed by atoms with Crippen molar-refractivity contribution in [1.29, 1.82) is 5.26 Å². The maximum absolute atomic E-state index is 12.6. The topological polar surface area (TPSA) is 89.6 Å². The van der Waals surface area contributed by atoms with Crippen molar-refractivity contribution in [2.45, 2.75) is 18.7 Å². The highest BCUT2D eigenvalue weighted by Gasteiger charge is 2.25. The fourth-order valence-electron chi connectivity index (χ4n) is 3.16. The number of nitrogens with one attached hydrogen (secondary N) is 1. The van der Waals surface area contributed by atoms with E-state index in [0.29, 0.717) is 43.5 Å². The number of furan rings is 1. The Kier molecular flexibility index (Phi) is 7.55. The van der Waals surface area contributed by atoms with Crippen LogP contribution in [0.5, 0.6) is 0 Å². The van der Waals surface area contributed by atoms with Crippen molar-refractivity contribution in [2.24, 2.45) is 5.92 Å². The summed E-state index contributed by atoms with van der Waals surface area (Å²) in [7, 11) is 0. The molecular formula is C22H26N4O3S. The Morgan fingerprint density at radius 1 is 1.20 bits per heavy atom. The molecule has 1 N–H and O–H groups in total. The minimum absolute atomic E-state index is 0.0529. The van der Waals surface area contributed by atoms with E-state index in [2.05, 4.69) is 11.4 Å². The Balaban J connectivity index is 1.49. The van der Waals surface area contributed by atoms with Crippen LogP contribution >= 0.6 is 11.8 Å². The molecule has 1 aromatic carbocycles. The molecule has 1 unspecified atom stereocenters. The molecule has 1 aromatic heterocycles. The van der Waals surface area contributed by atoms with E-state index in [1.54, 1.807) is 28.8 Å². The zero-order valence-electron chi connectivity index (χ0n) is 17.3. The average molecular weight is 427 g/mol. The van der Waals surface area contributed by atoms with Crippen LogP contribution in [-0.4, -0.2) is 60.1 Å². The number of hydrogen-bond donors (Lipinski definition) is 1. The van der Waals surface area contributed by atoms with Crippen LogP contribution in [0.4, 0.5) is 5.69 Å². The number of anilines is 1. The zero-order chi connectivity index (χ0) is 21.5. The fourth-order valence-corrected chi connectivity index (χ4v) is 4.11. The lowest BCUT2D eigenvalue weighted by Gasteiger charge is -2.33. The predicted molar refractivity (Wildman–Crippen MR) is 116 cm³/mol. The monoisotopic (exact) mass is 426 g/mol. The molecule has 7 nitrogen and oxygen atoms in total. The third-order valence-corrected chi connectivity index (χ3v) is 6.18. The largest absolute Gasteiger partial charge is 0.456 e. The molecule has 0 radical (unpaired) electrons. The summed E-state index contributed by atoms with van der Waals surface area (Å²) in [5, 5.41) is 11.9. The minimum atomic E-state index is -0.107. The molecule has 2 aromatic rings. The van der Waals surface area contributed by atoms with Crippen molar-refractivity contribution < 1.29 is 14.0 Å². The number of hydrogen-bond acceptors (Lipinski definition) is 6. The van der Waals surface area contributed by atoms with Gasteiger partial charge in [-0.25, -0.2) is 0 Å². The van der Waals surface area contributed by atoms with Crippen molar-refractivity contribution in [3.8, 4) is 6.07 Å². The van der Waals surface area contributed by atoms with Crippen LogP contribution in [0.15, 0.2) is 45.7 Å². The normalized spacial score (nSPS) is 15.4. The zero-order valence-corrected chi connectivity index (χ0v) is 18.1. The van der Waals surface area contributed by atoms with Gasteiger partial charge in [-0.1, -0.05) is 12.1 Å². The molecule has 2 heterocycles. The van der Waals surface area contributed by atoms with E-state index in [1.165, 1.54) is 0 Å². The van der Waals surface area contributed by atoms with Crippen molar-refractivity contribution >= 4 is 29.3 Å². The van der Waals surface area contributed by atoms with Crippen molar-refractivity contribution in [2.75, 3.05) is 43.8 Å². The lowest BCUT2D eigenvalue weighted by molar-refractivity contribution is -0.117. The maximum Gasteiger partial charge on any atom is 0.289 e. The maximum atomic E-state index is 12.6. The summed E-state index contributed by atoms with van der Waals surface area (Å²) in [4.78, 5) is 29.8. The number of carbonyl (C=O) groups is 2. The third kappa shape index (κ3) is 5.88. The minimum Gasteiger partial charge on any atom is -0.456 e. The number of para-hydroxylation sites is 1. The molecule has 1 aliphatic heterocycles. The van der Waals surface area contributed by atoms with Gasteiger partial charge in [0.2, 0.25) is 5.91 Å². The van der Waals surface area contributed by atoms with E-state index in [9.17, 15) is 9.59 Å². The Morgan fingerprint density at radius 3 is 2.60 bits per heavy atom. The molecule has 1 saturated heterocycles. The second-order valence-electron chi connectivity index (χ2n) is 7.36. The van der Waals surface area contributed by atoms with Crippen LogP contribution in [0, 0.1) is 24.2 Å². The lowest BCUT2D eigenvalue weighted by Crippen LogP contribution is -2.50. The van der Waals surface area contributed by atoms with Gasteiger partial charge in [0.1, 0.15) is 5.76 Å². The van der Waals surface area contributed by atoms with Crippen molar-refractivity contribution in [1.82, 2.24) is 9.80 Å². The van der Waals surface area contributed by atoms with Gasteiger partial charge >= 0.3 is 0 Å². The molecule has 8 heteroatoms. The summed E-state index contributed by atoms with van der Waals surface area (Å²) in [6.45, 7) is 6.35. The van der Waals surface area contributed by atoms with Gasteiger partial charge in [-0.15, -0.1) is 11.8 Å². The summed E-state index contributed by atoms with van der Waals surface area (Å²) >= 11 is 1.57. The van der Waals surface area contributed by atoms with Crippen molar-refractivity contribution in [3.63, 3.8) is 0 Å². The Bertz CT molecular complexity index is 928. The lowest BCUT2D eigenvalue weighted by atomic mass is 10.2. The Morgan fingerprint density at radius 2 is 1.93 bits per heavy atom. The molecule has 0 bridgehead atoms. The molecule has 158 valence electrons. The number of nitrogens with zero attached hydrogens (tertiary/aromatic N) is 3. The van der Waals surface area contributed by atoms with Gasteiger partial charge in [0.05, 0.1) is 24.2 Å². The molecule has 3 rings (SSSR count). The molecule has 1 fully saturated rings. The molecule has 0 aliphatic carbocycles. The average Bonchev–Trinajstić information content (AvgIpc) is 3.19.